The van der Waals surface area contributed by atoms with Gasteiger partial charge in [0.25, 0.3) is 0 Å². The van der Waals surface area contributed by atoms with Gasteiger partial charge in [0.2, 0.25) is 5.12 Å². The Bertz CT molecular complexity index is 920. The molecule has 0 unspecified atom stereocenters. The lowest BCUT2D eigenvalue weighted by molar-refractivity contribution is -0.222. The van der Waals surface area contributed by atoms with Crippen LogP contribution in [0.3, 0.4) is 0 Å². The zero-order valence-corrected chi connectivity index (χ0v) is 20.2. The minimum Gasteiger partial charge on any atom is -0.449 e. The van der Waals surface area contributed by atoms with E-state index in [4.69, 9.17) is 16.3 Å². The molecule has 0 aromatic carbocycles. The van der Waals surface area contributed by atoms with Gasteiger partial charge in [-0.2, -0.15) is 0 Å². The zero-order valence-electron chi connectivity index (χ0n) is 18.7. The second-order valence-electron chi connectivity index (χ2n) is 10.00. The van der Waals surface area contributed by atoms with E-state index >= 15 is 4.39 Å². The van der Waals surface area contributed by atoms with E-state index in [9.17, 15) is 19.5 Å². The van der Waals surface area contributed by atoms with Crippen molar-refractivity contribution in [2.75, 3.05) is 5.21 Å². The molecule has 4 aliphatic carbocycles. The molecular formula is C24H30ClFO5S. The first-order valence-electron chi connectivity index (χ1n) is 11.3. The molecule has 3 fully saturated rings. The summed E-state index contributed by atoms with van der Waals surface area (Å²) in [6.45, 7) is 5.28. The molecule has 0 spiro atoms. The third-order valence-corrected chi connectivity index (χ3v) is 9.88. The van der Waals surface area contributed by atoms with Gasteiger partial charge in [0, 0.05) is 23.2 Å². The van der Waals surface area contributed by atoms with Gasteiger partial charge in [-0.3, -0.25) is 14.4 Å². The highest BCUT2D eigenvalue weighted by atomic mass is 35.5. The highest BCUT2D eigenvalue weighted by Crippen LogP contribution is 2.70. The number of thioether (sulfide) groups is 1. The lowest BCUT2D eigenvalue weighted by Crippen LogP contribution is -2.69. The molecule has 7 atom stereocenters. The first-order valence-corrected chi connectivity index (χ1v) is 12.8. The molecule has 0 bridgehead atoms. The predicted molar refractivity (Wildman–Crippen MR) is 121 cm³/mol. The van der Waals surface area contributed by atoms with Crippen molar-refractivity contribution in [2.24, 2.45) is 22.7 Å². The molecule has 0 saturated heterocycles. The van der Waals surface area contributed by atoms with Crippen LogP contribution in [-0.2, 0) is 19.1 Å². The molecule has 3 saturated carbocycles. The maximum absolute atomic E-state index is 17.1. The third kappa shape index (κ3) is 2.96. The topological polar surface area (TPSA) is 80.7 Å². The van der Waals surface area contributed by atoms with Gasteiger partial charge in [0.05, 0.1) is 11.3 Å². The van der Waals surface area contributed by atoms with Crippen LogP contribution >= 0.6 is 23.4 Å². The number of ether oxygens (including phenoxy) is 1. The molecule has 5 nitrogen and oxygen atoms in total. The van der Waals surface area contributed by atoms with Crippen LogP contribution in [0.15, 0.2) is 23.8 Å². The van der Waals surface area contributed by atoms with Gasteiger partial charge in [-0.1, -0.05) is 37.3 Å². The maximum Gasteiger partial charge on any atom is 0.306 e. The quantitative estimate of drug-likeness (QED) is 0.467. The minimum atomic E-state index is -1.98. The van der Waals surface area contributed by atoms with Gasteiger partial charge in [-0.05, 0) is 57.1 Å². The average molecular weight is 485 g/mol. The Morgan fingerprint density at radius 1 is 1.31 bits per heavy atom. The monoisotopic (exact) mass is 484 g/mol. The molecule has 4 rings (SSSR count). The number of rotatable bonds is 4. The summed E-state index contributed by atoms with van der Waals surface area (Å²) in [5.41, 5.74) is -4.72. The number of carbonyl (C=O) groups is 3. The Morgan fingerprint density at radius 3 is 2.69 bits per heavy atom. The highest BCUT2D eigenvalue weighted by Gasteiger charge is 2.75. The van der Waals surface area contributed by atoms with Crippen molar-refractivity contribution in [3.8, 4) is 0 Å². The minimum absolute atomic E-state index is 0.0130. The van der Waals surface area contributed by atoms with Crippen LogP contribution in [0.2, 0.25) is 0 Å². The van der Waals surface area contributed by atoms with Crippen LogP contribution in [0.25, 0.3) is 0 Å². The number of allylic oxidation sites excluding steroid dienone is 4. The SMILES string of the molecule is CCC(=O)O[C@]1(C(=O)SCCl)CC[C@H]2[C@@H]3CCC4=CC(=O)C=C[C@]4(C)[C@@]3(F)[C@@H](O)C[C@@]21C. The van der Waals surface area contributed by atoms with E-state index in [0.717, 1.165) is 11.8 Å². The first-order chi connectivity index (χ1) is 15.0. The fourth-order valence-electron chi connectivity index (χ4n) is 7.18. The summed E-state index contributed by atoms with van der Waals surface area (Å²) in [6, 6.07) is 0. The van der Waals surface area contributed by atoms with Crippen molar-refractivity contribution in [1.82, 2.24) is 0 Å². The van der Waals surface area contributed by atoms with Crippen molar-refractivity contribution in [1.29, 1.82) is 0 Å². The van der Waals surface area contributed by atoms with Gasteiger partial charge in [-0.25, -0.2) is 4.39 Å². The summed E-state index contributed by atoms with van der Waals surface area (Å²) < 4.78 is 23.0. The number of hydrogen-bond donors (Lipinski definition) is 1. The smallest absolute Gasteiger partial charge is 0.306 e. The first kappa shape index (κ1) is 24.0. The maximum atomic E-state index is 17.1. The summed E-state index contributed by atoms with van der Waals surface area (Å²) in [6.07, 6.45) is 5.03. The van der Waals surface area contributed by atoms with Crippen LogP contribution in [0.1, 0.15) is 59.3 Å². The molecule has 32 heavy (non-hydrogen) atoms. The molecule has 0 aromatic rings. The number of aliphatic hydroxyl groups excluding tert-OH is 1. The zero-order chi connectivity index (χ0) is 23.5. The second-order valence-corrected chi connectivity index (χ2v) is 11.5. The summed E-state index contributed by atoms with van der Waals surface area (Å²) in [5, 5.41) is 11.1. The summed E-state index contributed by atoms with van der Waals surface area (Å²) in [5.74, 6) is -1.45. The number of alkyl halides is 2. The fraction of sp³-hybridized carbons (Fsp3) is 0.708. The van der Waals surface area contributed by atoms with E-state index in [-0.39, 0.29) is 41.3 Å². The molecule has 0 heterocycles. The van der Waals surface area contributed by atoms with Crippen LogP contribution in [0, 0.1) is 22.7 Å². The number of hydrogen-bond acceptors (Lipinski definition) is 6. The number of esters is 1. The fourth-order valence-corrected chi connectivity index (χ4v) is 8.18. The van der Waals surface area contributed by atoms with E-state index in [0.29, 0.717) is 24.8 Å². The molecule has 0 radical (unpaired) electrons. The Labute approximate surface area is 197 Å². The number of aliphatic hydroxyl groups is 1. The molecule has 176 valence electrons. The summed E-state index contributed by atoms with van der Waals surface area (Å²) in [7, 11) is 0. The number of carbonyl (C=O) groups excluding carboxylic acids is 3. The molecule has 4 aliphatic rings. The van der Waals surface area contributed by atoms with Crippen molar-refractivity contribution in [3.05, 3.63) is 23.8 Å². The third-order valence-electron chi connectivity index (χ3n) is 8.85. The molecule has 1 N–H and O–H groups in total. The van der Waals surface area contributed by atoms with E-state index in [1.807, 2.05) is 6.92 Å². The van der Waals surface area contributed by atoms with Crippen molar-refractivity contribution in [2.45, 2.75) is 76.7 Å². The normalized spacial score (nSPS) is 44.9. The van der Waals surface area contributed by atoms with Gasteiger partial charge in [0.1, 0.15) is 0 Å². The highest BCUT2D eigenvalue weighted by molar-refractivity contribution is 8.14. The molecule has 0 amide bonds. The van der Waals surface area contributed by atoms with Gasteiger partial charge in [0.15, 0.2) is 17.1 Å². The Kier molecular flexibility index (Phi) is 5.95. The molecule has 8 heteroatoms. The Hall–Kier alpha value is -1.18. The van der Waals surface area contributed by atoms with Crippen molar-refractivity contribution < 1.29 is 28.6 Å². The van der Waals surface area contributed by atoms with Gasteiger partial charge in [-0.15, -0.1) is 11.6 Å². The van der Waals surface area contributed by atoms with Gasteiger partial charge >= 0.3 is 5.97 Å². The van der Waals surface area contributed by atoms with E-state index in [2.05, 4.69) is 0 Å². The average Bonchev–Trinajstić information content (AvgIpc) is 3.02. The second kappa shape index (κ2) is 7.95. The standard InChI is InChI=1S/C24H30ClFO5S/c1-4-19(29)31-23(20(30)32-13-25)10-8-16-17-6-5-14-11-15(27)7-9-21(14,2)24(17,26)18(28)12-22(16,23)3/h7,9,11,16-18,28H,4-6,8,10,12-13H2,1-3H3/t16-,17-,18-,21-,22-,23-,24-/m0/s1. The number of halogens is 2. The van der Waals surface area contributed by atoms with Gasteiger partial charge < -0.3 is 9.84 Å². The van der Waals surface area contributed by atoms with Crippen molar-refractivity contribution in [3.63, 3.8) is 0 Å². The lowest BCUT2D eigenvalue weighted by atomic mass is 9.45. The predicted octanol–water partition coefficient (Wildman–Crippen LogP) is 4.51. The number of fused-ring (bicyclic) bond motifs is 5. The van der Waals surface area contributed by atoms with E-state index in [1.54, 1.807) is 19.9 Å². The van der Waals surface area contributed by atoms with Crippen molar-refractivity contribution >= 4 is 40.2 Å². The molecule has 0 aliphatic heterocycles. The molecule has 0 aromatic heterocycles. The van der Waals surface area contributed by atoms with Crippen LogP contribution in [-0.4, -0.2) is 44.6 Å². The molecular weight excluding hydrogens is 455 g/mol. The largest absolute Gasteiger partial charge is 0.449 e. The van der Waals surface area contributed by atoms with Crippen LogP contribution < -0.4 is 0 Å². The summed E-state index contributed by atoms with van der Waals surface area (Å²) >= 11 is 6.74. The van der Waals surface area contributed by atoms with E-state index < -0.39 is 40.1 Å². The Balaban J connectivity index is 1.80. The van der Waals surface area contributed by atoms with Crippen LogP contribution in [0.5, 0.6) is 0 Å². The Morgan fingerprint density at radius 2 is 2.03 bits per heavy atom. The number of ketones is 1. The summed E-state index contributed by atoms with van der Waals surface area (Å²) in [4.78, 5) is 37.7. The lowest BCUT2D eigenvalue weighted by Gasteiger charge is -2.62. The van der Waals surface area contributed by atoms with E-state index in [1.165, 1.54) is 12.2 Å². The van der Waals surface area contributed by atoms with Crippen LogP contribution in [0.4, 0.5) is 4.39 Å².